The van der Waals surface area contributed by atoms with E-state index in [1.165, 1.54) is 32.9 Å². The van der Waals surface area contributed by atoms with Gasteiger partial charge in [-0.25, -0.2) is 14.3 Å². The maximum absolute atomic E-state index is 12.9. The fourth-order valence-corrected chi connectivity index (χ4v) is 4.14. The summed E-state index contributed by atoms with van der Waals surface area (Å²) in [6.45, 7) is 1.15. The summed E-state index contributed by atoms with van der Waals surface area (Å²) in [5.41, 5.74) is 0.924. The molecule has 1 aromatic carbocycles. The van der Waals surface area contributed by atoms with Crippen molar-refractivity contribution in [3.05, 3.63) is 69.4 Å². The van der Waals surface area contributed by atoms with E-state index in [4.69, 9.17) is 14.2 Å². The molecule has 4 aromatic rings. The zero-order valence-electron chi connectivity index (χ0n) is 21.3. The van der Waals surface area contributed by atoms with Gasteiger partial charge in [0.1, 0.15) is 12.2 Å². The van der Waals surface area contributed by atoms with Gasteiger partial charge in [-0.15, -0.1) is 0 Å². The van der Waals surface area contributed by atoms with Crippen LogP contribution in [0.2, 0.25) is 0 Å². The number of carbonyl (C=O) groups is 1. The molecule has 0 bridgehead atoms. The molecule has 12 heteroatoms. The van der Waals surface area contributed by atoms with E-state index < -0.39 is 5.69 Å². The summed E-state index contributed by atoms with van der Waals surface area (Å²) in [4.78, 5) is 41.9. The summed E-state index contributed by atoms with van der Waals surface area (Å²) in [6, 6.07) is 6.80. The van der Waals surface area contributed by atoms with Crippen LogP contribution < -0.4 is 35.3 Å². The summed E-state index contributed by atoms with van der Waals surface area (Å²) < 4.78 is 22.1. The van der Waals surface area contributed by atoms with Crippen LogP contribution in [0.15, 0.2) is 52.6 Å². The van der Waals surface area contributed by atoms with Gasteiger partial charge in [-0.3, -0.25) is 18.7 Å². The number of ether oxygens (including phenoxy) is 3. The first-order valence-corrected chi connectivity index (χ1v) is 11.5. The molecule has 0 atom stereocenters. The SMILES string of the molecule is COc1cc(C(=O)Nc2ccc[n+](CCCn3cnc4c3c(=O)n(C)c(=O)n4C)c2)cc(OC)c1OC. The zero-order valence-corrected chi connectivity index (χ0v) is 21.3. The Hall–Kier alpha value is -4.61. The van der Waals surface area contributed by atoms with Gasteiger partial charge < -0.3 is 24.1 Å². The number of fused-ring (bicyclic) bond motifs is 1. The van der Waals surface area contributed by atoms with Gasteiger partial charge in [0.25, 0.3) is 11.5 Å². The standard InChI is InChI=1S/C25H28N6O6/c1-28-22-20(24(33)29(2)25(28)34)31(15-26-22)11-7-10-30-9-6-8-17(14-30)27-23(32)16-12-18(35-3)21(37-5)19(13-16)36-4/h6,8-9,12-15H,7,10-11H2,1-5H3/p+1. The van der Waals surface area contributed by atoms with Crippen LogP contribution >= 0.6 is 0 Å². The number of nitrogens with zero attached hydrogens (tertiary/aromatic N) is 5. The second-order valence-corrected chi connectivity index (χ2v) is 8.37. The van der Waals surface area contributed by atoms with Crippen molar-refractivity contribution in [1.29, 1.82) is 0 Å². The van der Waals surface area contributed by atoms with Gasteiger partial charge >= 0.3 is 5.69 Å². The van der Waals surface area contributed by atoms with Gasteiger partial charge in [-0.1, -0.05) is 0 Å². The third-order valence-electron chi connectivity index (χ3n) is 6.08. The number of nitrogens with one attached hydrogen (secondary N) is 1. The van der Waals surface area contributed by atoms with Crippen LogP contribution in [-0.2, 0) is 27.2 Å². The van der Waals surface area contributed by atoms with Crippen LogP contribution in [0.3, 0.4) is 0 Å². The maximum atomic E-state index is 12.9. The van der Waals surface area contributed by atoms with Gasteiger partial charge in [0.05, 0.1) is 27.7 Å². The fourth-order valence-electron chi connectivity index (χ4n) is 4.14. The Morgan fingerprint density at radius 2 is 1.76 bits per heavy atom. The predicted octanol–water partition coefficient (Wildman–Crippen LogP) is 1.09. The minimum absolute atomic E-state index is 0.330. The summed E-state index contributed by atoms with van der Waals surface area (Å²) in [7, 11) is 7.53. The van der Waals surface area contributed by atoms with Crippen molar-refractivity contribution in [2.24, 2.45) is 14.1 Å². The number of imidazole rings is 1. The van der Waals surface area contributed by atoms with E-state index in [0.29, 0.717) is 59.2 Å². The van der Waals surface area contributed by atoms with Crippen molar-refractivity contribution in [3.8, 4) is 17.2 Å². The highest BCUT2D eigenvalue weighted by atomic mass is 16.5. The highest BCUT2D eigenvalue weighted by molar-refractivity contribution is 6.05. The predicted molar refractivity (Wildman–Crippen MR) is 136 cm³/mol. The van der Waals surface area contributed by atoms with Crippen molar-refractivity contribution < 1.29 is 23.6 Å². The minimum Gasteiger partial charge on any atom is -0.493 e. The number of carbonyl (C=O) groups excluding carboxylic acids is 1. The molecule has 37 heavy (non-hydrogen) atoms. The highest BCUT2D eigenvalue weighted by Crippen LogP contribution is 2.38. The van der Waals surface area contributed by atoms with Crippen LogP contribution in [0, 0.1) is 0 Å². The molecule has 0 saturated heterocycles. The van der Waals surface area contributed by atoms with Crippen LogP contribution in [0.4, 0.5) is 5.69 Å². The second-order valence-electron chi connectivity index (χ2n) is 8.37. The smallest absolute Gasteiger partial charge is 0.332 e. The average molecular weight is 510 g/mol. The summed E-state index contributed by atoms with van der Waals surface area (Å²) in [5.74, 6) is 0.849. The molecular formula is C25H29N6O6+. The lowest BCUT2D eigenvalue weighted by atomic mass is 10.1. The van der Waals surface area contributed by atoms with Gasteiger partial charge in [0, 0.05) is 38.7 Å². The Morgan fingerprint density at radius 3 is 2.41 bits per heavy atom. The lowest BCUT2D eigenvalue weighted by Gasteiger charge is -2.14. The van der Waals surface area contributed by atoms with Crippen molar-refractivity contribution in [2.75, 3.05) is 26.6 Å². The molecule has 0 radical (unpaired) electrons. The topological polar surface area (TPSA) is 122 Å². The lowest BCUT2D eigenvalue weighted by Crippen LogP contribution is -2.37. The molecule has 0 aliphatic rings. The number of hydrogen-bond donors (Lipinski definition) is 1. The summed E-state index contributed by atoms with van der Waals surface area (Å²) in [6.07, 6.45) is 5.98. The van der Waals surface area contributed by atoms with E-state index in [9.17, 15) is 14.4 Å². The Kier molecular flexibility index (Phi) is 7.27. The molecule has 3 aromatic heterocycles. The van der Waals surface area contributed by atoms with Crippen LogP contribution in [0.1, 0.15) is 16.8 Å². The van der Waals surface area contributed by atoms with Crippen LogP contribution in [-0.4, -0.2) is 45.9 Å². The van der Waals surface area contributed by atoms with E-state index in [1.54, 1.807) is 36.1 Å². The number of pyridine rings is 1. The fraction of sp³-hybridized carbons (Fsp3) is 0.320. The molecule has 4 rings (SSSR count). The molecule has 12 nitrogen and oxygen atoms in total. The molecular weight excluding hydrogens is 480 g/mol. The number of aryl methyl sites for hydroxylation is 3. The van der Waals surface area contributed by atoms with Crippen molar-refractivity contribution in [1.82, 2.24) is 18.7 Å². The highest BCUT2D eigenvalue weighted by Gasteiger charge is 2.18. The Balaban J connectivity index is 1.46. The van der Waals surface area contributed by atoms with Crippen LogP contribution in [0.25, 0.3) is 11.2 Å². The van der Waals surface area contributed by atoms with E-state index >= 15 is 0 Å². The number of benzene rings is 1. The normalized spacial score (nSPS) is 10.9. The molecule has 194 valence electrons. The number of anilines is 1. The maximum Gasteiger partial charge on any atom is 0.332 e. The molecule has 0 unspecified atom stereocenters. The van der Waals surface area contributed by atoms with Crippen molar-refractivity contribution in [2.45, 2.75) is 19.5 Å². The summed E-state index contributed by atoms with van der Waals surface area (Å²) in [5, 5.41) is 2.89. The third kappa shape index (κ3) is 4.90. The van der Waals surface area contributed by atoms with Crippen molar-refractivity contribution in [3.63, 3.8) is 0 Å². The van der Waals surface area contributed by atoms with Gasteiger partial charge in [0.15, 0.2) is 35.1 Å². The van der Waals surface area contributed by atoms with E-state index in [-0.39, 0.29) is 11.5 Å². The monoisotopic (exact) mass is 509 g/mol. The Labute approximate surface area is 212 Å². The van der Waals surface area contributed by atoms with Crippen molar-refractivity contribution >= 4 is 22.8 Å². The van der Waals surface area contributed by atoms with Gasteiger partial charge in [-0.2, -0.15) is 0 Å². The van der Waals surface area contributed by atoms with E-state index in [1.807, 2.05) is 23.0 Å². The molecule has 0 fully saturated rings. The van der Waals surface area contributed by atoms with Gasteiger partial charge in [0.2, 0.25) is 5.75 Å². The first-order valence-electron chi connectivity index (χ1n) is 11.5. The number of amides is 1. The first kappa shape index (κ1) is 25.5. The van der Waals surface area contributed by atoms with E-state index in [2.05, 4.69) is 10.3 Å². The number of methoxy groups -OCH3 is 3. The number of hydrogen-bond acceptors (Lipinski definition) is 7. The number of aromatic nitrogens is 5. The molecule has 0 aliphatic carbocycles. The zero-order chi connectivity index (χ0) is 26.7. The first-order chi connectivity index (χ1) is 17.8. The summed E-state index contributed by atoms with van der Waals surface area (Å²) >= 11 is 0. The molecule has 3 heterocycles. The van der Waals surface area contributed by atoms with Crippen LogP contribution in [0.5, 0.6) is 17.2 Å². The third-order valence-corrected chi connectivity index (χ3v) is 6.08. The molecule has 0 aliphatic heterocycles. The molecule has 1 N–H and O–H groups in total. The molecule has 0 spiro atoms. The van der Waals surface area contributed by atoms with Gasteiger partial charge in [-0.05, 0) is 18.2 Å². The molecule has 1 amide bonds. The quantitative estimate of drug-likeness (QED) is 0.335. The Bertz CT molecular complexity index is 1560. The number of rotatable bonds is 9. The largest absolute Gasteiger partial charge is 0.493 e. The van der Waals surface area contributed by atoms with E-state index in [0.717, 1.165) is 4.57 Å². The Morgan fingerprint density at radius 1 is 1.05 bits per heavy atom. The molecule has 0 saturated carbocycles. The average Bonchev–Trinajstić information content (AvgIpc) is 3.34. The minimum atomic E-state index is -0.413. The second kappa shape index (κ2) is 10.6. The lowest BCUT2D eigenvalue weighted by molar-refractivity contribution is -0.696.